The van der Waals surface area contributed by atoms with Gasteiger partial charge in [0.2, 0.25) is 11.8 Å². The molecule has 134 valence electrons. The van der Waals surface area contributed by atoms with Gasteiger partial charge < -0.3 is 9.73 Å². The average molecular weight is 409 g/mol. The Balaban J connectivity index is 1.65. The number of anilines is 1. The third-order valence-electron chi connectivity index (χ3n) is 3.40. The van der Waals surface area contributed by atoms with E-state index in [0.29, 0.717) is 16.1 Å². The van der Waals surface area contributed by atoms with E-state index in [1.807, 2.05) is 31.2 Å². The van der Waals surface area contributed by atoms with Crippen molar-refractivity contribution in [2.24, 2.45) is 0 Å². The molecule has 0 fully saturated rings. The topological polar surface area (TPSA) is 80.9 Å². The smallest absolute Gasteiger partial charge is 0.277 e. The van der Waals surface area contributed by atoms with Gasteiger partial charge in [0.15, 0.2) is 5.82 Å². The van der Waals surface area contributed by atoms with E-state index in [4.69, 9.17) is 27.6 Å². The molecule has 9 heteroatoms. The third-order valence-corrected chi connectivity index (χ3v) is 4.83. The number of thioether (sulfide) groups is 1. The molecular formula is C17H14Cl2N4O2S. The summed E-state index contributed by atoms with van der Waals surface area (Å²) in [5.41, 5.74) is 1.96. The Morgan fingerprint density at radius 1 is 1.23 bits per heavy atom. The Morgan fingerprint density at radius 3 is 2.65 bits per heavy atom. The van der Waals surface area contributed by atoms with Crippen LogP contribution in [-0.4, -0.2) is 26.3 Å². The van der Waals surface area contributed by atoms with E-state index in [-0.39, 0.29) is 16.7 Å². The van der Waals surface area contributed by atoms with Crippen molar-refractivity contribution in [3.8, 4) is 11.5 Å². The standard InChI is InChI=1S/C17H14Cl2N4O2S/c1-9-3-5-11(6-4-9)16-22-23-17(25-16)26-10(2)15(24)21-14-13(19)7-12(18)8-20-14/h3-8,10H,1-2H3,(H,20,21,24)/t10-/m0/s1. The zero-order valence-corrected chi connectivity index (χ0v) is 16.2. The molecule has 0 aliphatic heterocycles. The van der Waals surface area contributed by atoms with Crippen LogP contribution in [0.2, 0.25) is 10.0 Å². The molecule has 0 saturated carbocycles. The Bertz CT molecular complexity index is 931. The van der Waals surface area contributed by atoms with Crippen LogP contribution in [-0.2, 0) is 4.79 Å². The lowest BCUT2D eigenvalue weighted by molar-refractivity contribution is -0.115. The first-order chi connectivity index (χ1) is 12.4. The van der Waals surface area contributed by atoms with Gasteiger partial charge in [0.05, 0.1) is 15.3 Å². The number of halogens is 2. The summed E-state index contributed by atoms with van der Waals surface area (Å²) in [7, 11) is 0. The van der Waals surface area contributed by atoms with Gasteiger partial charge in [-0.2, -0.15) is 0 Å². The number of nitrogens with zero attached hydrogens (tertiary/aromatic N) is 3. The Hall–Kier alpha value is -2.09. The van der Waals surface area contributed by atoms with Gasteiger partial charge in [-0.05, 0) is 32.0 Å². The van der Waals surface area contributed by atoms with E-state index in [1.165, 1.54) is 12.3 Å². The van der Waals surface area contributed by atoms with E-state index >= 15 is 0 Å². The molecule has 26 heavy (non-hydrogen) atoms. The summed E-state index contributed by atoms with van der Waals surface area (Å²) in [5, 5.41) is 11.1. The van der Waals surface area contributed by atoms with Crippen molar-refractivity contribution in [2.45, 2.75) is 24.3 Å². The number of aromatic nitrogens is 3. The summed E-state index contributed by atoms with van der Waals surface area (Å²) in [6.07, 6.45) is 1.41. The lowest BCUT2D eigenvalue weighted by Gasteiger charge is -2.10. The first-order valence-corrected chi connectivity index (χ1v) is 9.25. The van der Waals surface area contributed by atoms with Crippen molar-refractivity contribution in [1.29, 1.82) is 0 Å². The molecule has 0 aliphatic carbocycles. The van der Waals surface area contributed by atoms with E-state index in [9.17, 15) is 4.79 Å². The molecule has 0 unspecified atom stereocenters. The quantitative estimate of drug-likeness (QED) is 0.606. The summed E-state index contributed by atoms with van der Waals surface area (Å²) in [5.74, 6) is 0.365. The van der Waals surface area contributed by atoms with Crippen molar-refractivity contribution in [3.63, 3.8) is 0 Å². The number of nitrogens with one attached hydrogen (secondary N) is 1. The predicted molar refractivity (Wildman–Crippen MR) is 103 cm³/mol. The van der Waals surface area contributed by atoms with Crippen LogP contribution in [0, 0.1) is 6.92 Å². The maximum absolute atomic E-state index is 12.3. The number of carbonyl (C=O) groups excluding carboxylic acids is 1. The van der Waals surface area contributed by atoms with Gasteiger partial charge in [0.1, 0.15) is 0 Å². The largest absolute Gasteiger partial charge is 0.411 e. The van der Waals surface area contributed by atoms with E-state index in [1.54, 1.807) is 6.92 Å². The highest BCUT2D eigenvalue weighted by molar-refractivity contribution is 8.00. The second kappa shape index (κ2) is 8.07. The highest BCUT2D eigenvalue weighted by atomic mass is 35.5. The lowest BCUT2D eigenvalue weighted by Crippen LogP contribution is -2.23. The second-order valence-electron chi connectivity index (χ2n) is 5.47. The van der Waals surface area contributed by atoms with Crippen LogP contribution < -0.4 is 5.32 Å². The summed E-state index contributed by atoms with van der Waals surface area (Å²) in [6.45, 7) is 3.72. The molecule has 0 aliphatic rings. The number of aryl methyl sites for hydroxylation is 1. The maximum Gasteiger partial charge on any atom is 0.277 e. The number of hydrogen-bond acceptors (Lipinski definition) is 6. The molecule has 3 aromatic rings. The van der Waals surface area contributed by atoms with Gasteiger partial charge in [-0.3, -0.25) is 4.79 Å². The number of rotatable bonds is 5. The van der Waals surface area contributed by atoms with Gasteiger partial charge >= 0.3 is 0 Å². The minimum atomic E-state index is -0.491. The average Bonchev–Trinajstić information content (AvgIpc) is 3.06. The van der Waals surface area contributed by atoms with Crippen LogP contribution in [0.3, 0.4) is 0 Å². The molecule has 1 atom stereocenters. The Kier molecular flexibility index (Phi) is 5.80. The number of pyridine rings is 1. The van der Waals surface area contributed by atoms with Crippen LogP contribution >= 0.6 is 35.0 Å². The van der Waals surface area contributed by atoms with Crippen LogP contribution in [0.5, 0.6) is 0 Å². The molecule has 0 saturated heterocycles. The molecule has 0 bridgehead atoms. The molecule has 1 aromatic carbocycles. The van der Waals surface area contributed by atoms with Crippen LogP contribution in [0.1, 0.15) is 12.5 Å². The molecule has 1 N–H and O–H groups in total. The highest BCUT2D eigenvalue weighted by Gasteiger charge is 2.20. The van der Waals surface area contributed by atoms with Crippen LogP contribution in [0.4, 0.5) is 5.82 Å². The fraction of sp³-hybridized carbons (Fsp3) is 0.176. The number of amides is 1. The van der Waals surface area contributed by atoms with Crippen molar-refractivity contribution in [1.82, 2.24) is 15.2 Å². The zero-order valence-electron chi connectivity index (χ0n) is 13.9. The monoisotopic (exact) mass is 408 g/mol. The van der Waals surface area contributed by atoms with E-state index in [2.05, 4.69) is 20.5 Å². The Morgan fingerprint density at radius 2 is 1.96 bits per heavy atom. The third kappa shape index (κ3) is 4.55. The summed E-state index contributed by atoms with van der Waals surface area (Å²) < 4.78 is 5.62. The van der Waals surface area contributed by atoms with Gasteiger partial charge in [0.25, 0.3) is 5.22 Å². The molecular weight excluding hydrogens is 395 g/mol. The molecule has 1 amide bonds. The minimum absolute atomic E-state index is 0.249. The van der Waals surface area contributed by atoms with Gasteiger partial charge in [0, 0.05) is 11.8 Å². The van der Waals surface area contributed by atoms with Crippen molar-refractivity contribution >= 4 is 46.7 Å². The molecule has 2 aromatic heterocycles. The second-order valence-corrected chi connectivity index (χ2v) is 7.61. The van der Waals surface area contributed by atoms with Gasteiger partial charge in [-0.1, -0.05) is 52.7 Å². The molecule has 0 radical (unpaired) electrons. The SMILES string of the molecule is Cc1ccc(-c2nnc(S[C@@H](C)C(=O)Nc3ncc(Cl)cc3Cl)o2)cc1. The van der Waals surface area contributed by atoms with E-state index in [0.717, 1.165) is 22.9 Å². The maximum atomic E-state index is 12.3. The van der Waals surface area contributed by atoms with Gasteiger partial charge in [-0.15, -0.1) is 10.2 Å². The van der Waals surface area contributed by atoms with Crippen LogP contribution in [0.15, 0.2) is 46.2 Å². The predicted octanol–water partition coefficient (Wildman–Crippen LogP) is 4.87. The zero-order chi connectivity index (χ0) is 18.7. The van der Waals surface area contributed by atoms with Crippen molar-refractivity contribution in [3.05, 3.63) is 52.1 Å². The molecule has 3 rings (SSSR count). The number of benzene rings is 1. The molecule has 2 heterocycles. The lowest BCUT2D eigenvalue weighted by atomic mass is 10.1. The fourth-order valence-electron chi connectivity index (χ4n) is 2.00. The summed E-state index contributed by atoms with van der Waals surface area (Å²) in [4.78, 5) is 16.3. The van der Waals surface area contributed by atoms with Crippen molar-refractivity contribution in [2.75, 3.05) is 5.32 Å². The molecule has 0 spiro atoms. The molecule has 6 nitrogen and oxygen atoms in total. The van der Waals surface area contributed by atoms with Gasteiger partial charge in [-0.25, -0.2) is 4.98 Å². The summed E-state index contributed by atoms with van der Waals surface area (Å²) in [6, 6.07) is 9.25. The number of carbonyl (C=O) groups is 1. The normalized spacial score (nSPS) is 12.0. The van der Waals surface area contributed by atoms with Crippen molar-refractivity contribution < 1.29 is 9.21 Å². The van der Waals surface area contributed by atoms with E-state index < -0.39 is 5.25 Å². The first kappa shape index (κ1) is 18.7. The number of hydrogen-bond donors (Lipinski definition) is 1. The fourth-order valence-corrected chi connectivity index (χ4v) is 3.11. The summed E-state index contributed by atoms with van der Waals surface area (Å²) >= 11 is 13.0. The first-order valence-electron chi connectivity index (χ1n) is 7.61. The highest BCUT2D eigenvalue weighted by Crippen LogP contribution is 2.28. The Labute approximate surface area is 164 Å². The van der Waals surface area contributed by atoms with Crippen LogP contribution in [0.25, 0.3) is 11.5 Å². The minimum Gasteiger partial charge on any atom is -0.411 e.